The number of ether oxygens (including phenoxy) is 4. The molecule has 0 aliphatic rings. The molecule has 6 aromatic rings. The van der Waals surface area contributed by atoms with Crippen LogP contribution < -0.4 is 29.6 Å². The smallest absolute Gasteiger partial charge is 0.306 e. The number of aliphatic carboxylic acids is 2. The predicted octanol–water partition coefficient (Wildman–Crippen LogP) is 6.99. The Kier molecular flexibility index (Phi) is 19.1. The minimum absolute atomic E-state index is 0.0210. The third-order valence-electron chi connectivity index (χ3n) is 10.7. The fourth-order valence-corrected chi connectivity index (χ4v) is 8.06. The van der Waals surface area contributed by atoms with Crippen molar-refractivity contribution in [2.75, 3.05) is 13.1 Å². The molecule has 20 heteroatoms. The summed E-state index contributed by atoms with van der Waals surface area (Å²) in [5.74, 6) is -1.26. The lowest BCUT2D eigenvalue weighted by Gasteiger charge is -2.18. The number of carboxylic acids is 2. The van der Waals surface area contributed by atoms with E-state index in [0.717, 1.165) is 33.4 Å². The number of aliphatic hydroxyl groups is 2. The van der Waals surface area contributed by atoms with Crippen molar-refractivity contribution >= 4 is 43.8 Å². The predicted molar refractivity (Wildman–Crippen MR) is 260 cm³/mol. The summed E-state index contributed by atoms with van der Waals surface area (Å²) in [6, 6.07) is 22.9. The minimum Gasteiger partial charge on any atom is -0.481 e. The zero-order valence-electron chi connectivity index (χ0n) is 38.0. The highest BCUT2D eigenvalue weighted by atomic mass is 79.9. The number of rotatable bonds is 25. The molecule has 2 aromatic carbocycles. The minimum atomic E-state index is -1.11. The average molecular weight is 1080 g/mol. The maximum absolute atomic E-state index is 11.1. The second kappa shape index (κ2) is 25.5. The number of nitrogens with one attached hydrogen (secondary N) is 2. The largest absolute Gasteiger partial charge is 0.481 e. The molecule has 0 amide bonds. The van der Waals surface area contributed by atoms with Gasteiger partial charge in [0.25, 0.3) is 0 Å². The molecular formula is C50H48Br2N8O10. The van der Waals surface area contributed by atoms with E-state index >= 15 is 0 Å². The number of pyridine rings is 4. The molecule has 0 saturated carbocycles. The van der Waals surface area contributed by atoms with Crippen LogP contribution in [0.4, 0.5) is 0 Å². The molecular weight excluding hydrogens is 1030 g/mol. The fraction of sp³-hybridized carbons (Fsp3) is 0.280. The van der Waals surface area contributed by atoms with Crippen LogP contribution in [-0.2, 0) is 49.1 Å². The van der Waals surface area contributed by atoms with Crippen molar-refractivity contribution in [3.8, 4) is 46.8 Å². The third kappa shape index (κ3) is 15.0. The zero-order valence-corrected chi connectivity index (χ0v) is 41.2. The van der Waals surface area contributed by atoms with Crippen LogP contribution in [-0.4, -0.2) is 77.6 Å². The monoisotopic (exact) mass is 1080 g/mol. The molecule has 4 aromatic heterocycles. The van der Waals surface area contributed by atoms with E-state index < -0.39 is 37.0 Å². The van der Waals surface area contributed by atoms with E-state index in [2.05, 4.69) is 64.6 Å². The number of hydrogen-bond acceptors (Lipinski definition) is 16. The van der Waals surface area contributed by atoms with Crippen LogP contribution in [0.15, 0.2) is 94.4 Å². The van der Waals surface area contributed by atoms with Crippen LogP contribution in [0.5, 0.6) is 23.5 Å². The van der Waals surface area contributed by atoms with Crippen molar-refractivity contribution < 1.29 is 49.0 Å². The van der Waals surface area contributed by atoms with Crippen molar-refractivity contribution in [2.24, 2.45) is 0 Å². The van der Waals surface area contributed by atoms with E-state index in [1.54, 1.807) is 36.7 Å². The first-order valence-electron chi connectivity index (χ1n) is 21.7. The Morgan fingerprint density at radius 3 is 1.39 bits per heavy atom. The van der Waals surface area contributed by atoms with E-state index in [4.69, 9.17) is 39.1 Å². The van der Waals surface area contributed by atoms with Crippen LogP contribution >= 0.6 is 31.9 Å². The van der Waals surface area contributed by atoms with Gasteiger partial charge in [0.1, 0.15) is 38.6 Å². The van der Waals surface area contributed by atoms with Gasteiger partial charge >= 0.3 is 11.9 Å². The maximum Gasteiger partial charge on any atom is 0.306 e. The first-order valence-corrected chi connectivity index (χ1v) is 23.3. The van der Waals surface area contributed by atoms with E-state index in [9.17, 15) is 30.3 Å². The molecule has 0 saturated heterocycles. The van der Waals surface area contributed by atoms with E-state index in [1.165, 1.54) is 12.4 Å². The van der Waals surface area contributed by atoms with Crippen LogP contribution in [0.1, 0.15) is 68.5 Å². The summed E-state index contributed by atoms with van der Waals surface area (Å²) in [7, 11) is 0. The molecule has 0 fully saturated rings. The number of benzene rings is 2. The highest BCUT2D eigenvalue weighted by molar-refractivity contribution is 9.10. The summed E-state index contributed by atoms with van der Waals surface area (Å²) < 4.78 is 26.0. The Hall–Kier alpha value is -7.04. The van der Waals surface area contributed by atoms with E-state index in [1.807, 2.05) is 50.2 Å². The lowest BCUT2D eigenvalue weighted by Crippen LogP contribution is -2.28. The van der Waals surface area contributed by atoms with Crippen LogP contribution in [0, 0.1) is 36.5 Å². The Bertz CT molecular complexity index is 2720. The lowest BCUT2D eigenvalue weighted by molar-refractivity contribution is -0.140. The quantitative estimate of drug-likeness (QED) is 0.0337. The topological polar surface area (TPSA) is 275 Å². The summed E-state index contributed by atoms with van der Waals surface area (Å²) >= 11 is 7.17. The normalized spacial score (nSPS) is 11.8. The van der Waals surface area contributed by atoms with Gasteiger partial charge in [0.2, 0.25) is 23.5 Å². The van der Waals surface area contributed by atoms with Gasteiger partial charge in [0.15, 0.2) is 0 Å². The summed E-state index contributed by atoms with van der Waals surface area (Å²) in [6.45, 7) is 4.86. The molecule has 2 atom stereocenters. The van der Waals surface area contributed by atoms with Crippen molar-refractivity contribution in [2.45, 2.75) is 78.4 Å². The summed E-state index contributed by atoms with van der Waals surface area (Å²) in [5.41, 5.74) is 8.96. The Morgan fingerprint density at radius 1 is 0.600 bits per heavy atom. The lowest BCUT2D eigenvalue weighted by atomic mass is 9.92. The molecule has 2 unspecified atom stereocenters. The van der Waals surface area contributed by atoms with Crippen LogP contribution in [0.2, 0.25) is 0 Å². The van der Waals surface area contributed by atoms with Gasteiger partial charge in [-0.05, 0) is 103 Å². The zero-order chi connectivity index (χ0) is 50.2. The second-order valence-electron chi connectivity index (χ2n) is 16.0. The van der Waals surface area contributed by atoms with E-state index in [-0.39, 0.29) is 76.1 Å². The highest BCUT2D eigenvalue weighted by Gasteiger charge is 2.19. The Labute approximate surface area is 420 Å². The van der Waals surface area contributed by atoms with Crippen molar-refractivity contribution in [3.63, 3.8) is 0 Å². The van der Waals surface area contributed by atoms with Gasteiger partial charge in [-0.25, -0.2) is 0 Å². The van der Waals surface area contributed by atoms with Gasteiger partial charge in [0, 0.05) is 73.2 Å². The number of nitrogens with zero attached hydrogens (tertiary/aromatic N) is 6. The SMILES string of the molecule is Cc1c(COc2nc(OCc3cncc(C#N)c3)c(CNCC(O)CC(=O)O)cc2Br)cccc1-c1cccc(COc2nc(OCc3cncc(C#N)c3)c(CNCC(O)CC(=O)O)cc2Br)c1C. The first kappa shape index (κ1) is 52.3. The number of aliphatic hydroxyl groups excluding tert-OH is 2. The summed E-state index contributed by atoms with van der Waals surface area (Å²) in [6.07, 6.45) is 3.06. The average Bonchev–Trinajstić information content (AvgIpc) is 3.33. The molecule has 0 spiro atoms. The second-order valence-corrected chi connectivity index (χ2v) is 17.7. The van der Waals surface area contributed by atoms with Gasteiger partial charge in [-0.2, -0.15) is 20.5 Å². The van der Waals surface area contributed by atoms with Crippen molar-refractivity contribution in [3.05, 3.63) is 150 Å². The number of aromatic nitrogens is 4. The molecule has 70 heavy (non-hydrogen) atoms. The van der Waals surface area contributed by atoms with Crippen LogP contribution in [0.25, 0.3) is 11.1 Å². The molecule has 18 nitrogen and oxygen atoms in total. The van der Waals surface area contributed by atoms with Crippen molar-refractivity contribution in [1.82, 2.24) is 30.6 Å². The van der Waals surface area contributed by atoms with Gasteiger partial charge in [0.05, 0.1) is 45.1 Å². The highest BCUT2D eigenvalue weighted by Crippen LogP contribution is 2.35. The Balaban J connectivity index is 1.18. The number of carboxylic acid groups (broad SMARTS) is 2. The number of halogens is 2. The summed E-state index contributed by atoms with van der Waals surface area (Å²) in [4.78, 5) is 39.7. The Morgan fingerprint density at radius 2 is 1.00 bits per heavy atom. The summed E-state index contributed by atoms with van der Waals surface area (Å²) in [5, 5.41) is 63.1. The fourth-order valence-electron chi connectivity index (χ4n) is 7.10. The van der Waals surface area contributed by atoms with Gasteiger partial charge in [-0.1, -0.05) is 36.4 Å². The number of carbonyl (C=O) groups is 2. The van der Waals surface area contributed by atoms with Crippen LogP contribution in [0.3, 0.4) is 0 Å². The molecule has 0 bridgehead atoms. The maximum atomic E-state index is 11.1. The number of hydrogen-bond donors (Lipinski definition) is 6. The molecule has 0 aliphatic carbocycles. The van der Waals surface area contributed by atoms with Gasteiger partial charge in [-0.3, -0.25) is 19.6 Å². The number of nitriles is 2. The van der Waals surface area contributed by atoms with Gasteiger partial charge in [-0.15, -0.1) is 0 Å². The molecule has 362 valence electrons. The molecule has 6 N–H and O–H groups in total. The molecule has 6 rings (SSSR count). The van der Waals surface area contributed by atoms with Crippen molar-refractivity contribution in [1.29, 1.82) is 10.5 Å². The first-order chi connectivity index (χ1) is 33.7. The molecule has 0 aliphatic heterocycles. The molecule has 4 heterocycles. The standard InChI is InChI=1S/C50H48Br2N8O10/c1-29-35(27-69-49-43(51)11-37(21-57-23-39(61)13-45(63)64)47(59-49)67-25-33-9-31(15-53)17-55-19-33)5-3-7-41(29)42-8-4-6-36(30(42)2)28-70-50-44(52)12-38(22-58-24-40(62)14-46(65)66)48(60-50)68-26-34-10-32(16-54)18-56-20-34/h3-12,17-20,39-40,57-58,61-62H,13-14,21-28H2,1-2H3,(H,63,64)(H,65,66). The van der Waals surface area contributed by atoms with E-state index in [0.29, 0.717) is 42.3 Å². The third-order valence-corrected chi connectivity index (χ3v) is 11.8. The molecule has 0 radical (unpaired) electrons. The van der Waals surface area contributed by atoms with Gasteiger partial charge < -0.3 is 50.0 Å².